The molecule has 0 aliphatic carbocycles. The van der Waals surface area contributed by atoms with Gasteiger partial charge in [-0.05, 0) is 44.9 Å². The molecule has 6 heteroatoms. The lowest BCUT2D eigenvalue weighted by atomic mass is 10.0. The van der Waals surface area contributed by atoms with Crippen LogP contribution in [0.1, 0.15) is 297 Å². The number of esters is 3. The van der Waals surface area contributed by atoms with Gasteiger partial charge in [-0.3, -0.25) is 14.4 Å². The minimum absolute atomic E-state index is 0.0741. The van der Waals surface area contributed by atoms with E-state index in [1.54, 1.807) is 0 Å². The molecule has 0 N–H and O–H groups in total. The predicted octanol–water partition coefficient (Wildman–Crippen LogP) is 18.5. The summed E-state index contributed by atoms with van der Waals surface area (Å²) in [6.07, 6.45) is 62.7. The highest BCUT2D eigenvalue weighted by Crippen LogP contribution is 2.16. The Morgan fingerprint density at radius 2 is 0.562 bits per heavy atom. The van der Waals surface area contributed by atoms with Gasteiger partial charge in [-0.1, -0.05) is 269 Å². The van der Waals surface area contributed by atoms with E-state index in [4.69, 9.17) is 14.2 Å². The van der Waals surface area contributed by atoms with Crippen molar-refractivity contribution in [3.63, 3.8) is 0 Å². The second-order valence-corrected chi connectivity index (χ2v) is 18.9. The van der Waals surface area contributed by atoms with E-state index >= 15 is 0 Å². The Hall–Kier alpha value is -2.37. The fourth-order valence-corrected chi connectivity index (χ4v) is 8.21. The van der Waals surface area contributed by atoms with Crippen LogP contribution in [0.3, 0.4) is 0 Å². The van der Waals surface area contributed by atoms with Gasteiger partial charge in [-0.2, -0.15) is 0 Å². The van der Waals surface area contributed by atoms with Gasteiger partial charge in [0.25, 0.3) is 0 Å². The maximum Gasteiger partial charge on any atom is 0.306 e. The molecular weight excluding hydrogens is 793 g/mol. The molecule has 1 atom stereocenters. The molecule has 0 aromatic heterocycles. The van der Waals surface area contributed by atoms with Gasteiger partial charge in [0.2, 0.25) is 0 Å². The van der Waals surface area contributed by atoms with E-state index in [2.05, 4.69) is 57.2 Å². The van der Waals surface area contributed by atoms with Crippen LogP contribution in [0.5, 0.6) is 0 Å². The SMILES string of the molecule is CCCCCCC\C=C/C=C\C=C/CCCCCCCC(=O)OCC(COC(=O)CCCCCCCCCCCCCCCC)OC(=O)CCCCCCCCCCCCCCCC. The predicted molar refractivity (Wildman–Crippen MR) is 275 cm³/mol. The number of carbonyl (C=O) groups excluding carboxylic acids is 3. The quantitative estimate of drug-likeness (QED) is 0.0262. The van der Waals surface area contributed by atoms with Crippen molar-refractivity contribution in [1.29, 1.82) is 0 Å². The zero-order valence-corrected chi connectivity index (χ0v) is 42.8. The van der Waals surface area contributed by atoms with Crippen LogP contribution in [-0.2, 0) is 28.6 Å². The first-order valence-corrected chi connectivity index (χ1v) is 28.0. The summed E-state index contributed by atoms with van der Waals surface area (Å²) >= 11 is 0. The number of rotatable bonds is 51. The molecule has 0 spiro atoms. The number of ether oxygens (including phenoxy) is 3. The molecule has 0 saturated carbocycles. The second kappa shape index (κ2) is 53.2. The molecular formula is C58H106O6. The Balaban J connectivity index is 4.37. The molecule has 0 saturated heterocycles. The minimum Gasteiger partial charge on any atom is -0.462 e. The lowest BCUT2D eigenvalue weighted by Gasteiger charge is -2.18. The highest BCUT2D eigenvalue weighted by atomic mass is 16.6. The van der Waals surface area contributed by atoms with Gasteiger partial charge in [0.15, 0.2) is 6.10 Å². The molecule has 0 heterocycles. The fourth-order valence-electron chi connectivity index (χ4n) is 8.21. The third-order valence-electron chi connectivity index (χ3n) is 12.5. The first-order chi connectivity index (χ1) is 31.5. The van der Waals surface area contributed by atoms with Crippen molar-refractivity contribution < 1.29 is 28.6 Å². The van der Waals surface area contributed by atoms with Crippen molar-refractivity contribution in [3.05, 3.63) is 36.5 Å². The van der Waals surface area contributed by atoms with Crippen LogP contribution in [0.15, 0.2) is 36.5 Å². The molecule has 0 radical (unpaired) electrons. The Kier molecular flexibility index (Phi) is 51.3. The van der Waals surface area contributed by atoms with Crippen LogP contribution < -0.4 is 0 Å². The third-order valence-corrected chi connectivity index (χ3v) is 12.5. The molecule has 0 amide bonds. The molecule has 374 valence electrons. The number of hydrogen-bond donors (Lipinski definition) is 0. The van der Waals surface area contributed by atoms with E-state index in [1.165, 1.54) is 180 Å². The number of carbonyl (C=O) groups is 3. The molecule has 0 aromatic rings. The normalized spacial score (nSPS) is 12.2. The Morgan fingerprint density at radius 3 is 0.859 bits per heavy atom. The van der Waals surface area contributed by atoms with Crippen LogP contribution in [-0.4, -0.2) is 37.2 Å². The van der Waals surface area contributed by atoms with E-state index in [-0.39, 0.29) is 31.1 Å². The van der Waals surface area contributed by atoms with E-state index in [9.17, 15) is 14.4 Å². The van der Waals surface area contributed by atoms with Crippen molar-refractivity contribution in [3.8, 4) is 0 Å². The molecule has 0 aliphatic heterocycles. The second-order valence-electron chi connectivity index (χ2n) is 18.9. The van der Waals surface area contributed by atoms with Crippen LogP contribution in [0.4, 0.5) is 0 Å². The van der Waals surface area contributed by atoms with Gasteiger partial charge < -0.3 is 14.2 Å². The number of allylic oxidation sites excluding steroid dienone is 6. The first kappa shape index (κ1) is 61.6. The molecule has 64 heavy (non-hydrogen) atoms. The molecule has 0 aliphatic rings. The van der Waals surface area contributed by atoms with Gasteiger partial charge in [-0.25, -0.2) is 0 Å². The summed E-state index contributed by atoms with van der Waals surface area (Å²) in [7, 11) is 0. The molecule has 0 bridgehead atoms. The lowest BCUT2D eigenvalue weighted by Crippen LogP contribution is -2.30. The van der Waals surface area contributed by atoms with E-state index in [1.807, 2.05) is 0 Å². The topological polar surface area (TPSA) is 78.9 Å². The minimum atomic E-state index is -0.775. The average Bonchev–Trinajstić information content (AvgIpc) is 3.29. The van der Waals surface area contributed by atoms with Gasteiger partial charge in [0.1, 0.15) is 13.2 Å². The molecule has 1 unspecified atom stereocenters. The lowest BCUT2D eigenvalue weighted by molar-refractivity contribution is -0.167. The van der Waals surface area contributed by atoms with Crippen molar-refractivity contribution >= 4 is 17.9 Å². The summed E-state index contributed by atoms with van der Waals surface area (Å²) in [5.74, 6) is -0.877. The monoisotopic (exact) mass is 899 g/mol. The summed E-state index contributed by atoms with van der Waals surface area (Å²) < 4.78 is 16.8. The summed E-state index contributed by atoms with van der Waals surface area (Å²) in [6, 6.07) is 0. The Labute approximate surface area is 397 Å². The zero-order chi connectivity index (χ0) is 46.5. The number of unbranched alkanes of at least 4 members (excludes halogenated alkanes) is 36. The standard InChI is InChI=1S/C58H106O6/c1-4-7-10-13-16-19-22-25-28-29-30-31-34-36-39-42-45-48-51-57(60)63-54-55(64-58(61)52-49-46-43-40-37-33-27-24-21-18-15-12-9-6-3)53-62-56(59)50-47-44-41-38-35-32-26-23-20-17-14-11-8-5-2/h22,25,28-31,55H,4-21,23-24,26-27,32-54H2,1-3H3/b25-22-,29-28-,31-30-. The van der Waals surface area contributed by atoms with Crippen LogP contribution in [0.2, 0.25) is 0 Å². The Bertz CT molecular complexity index is 1080. The summed E-state index contributed by atoms with van der Waals surface area (Å²) in [4.78, 5) is 38.1. The van der Waals surface area contributed by atoms with Crippen molar-refractivity contribution in [2.75, 3.05) is 13.2 Å². The van der Waals surface area contributed by atoms with Crippen molar-refractivity contribution in [2.45, 2.75) is 303 Å². The number of hydrogen-bond acceptors (Lipinski definition) is 6. The van der Waals surface area contributed by atoms with Gasteiger partial charge in [0.05, 0.1) is 0 Å². The van der Waals surface area contributed by atoms with Crippen LogP contribution >= 0.6 is 0 Å². The largest absolute Gasteiger partial charge is 0.462 e. The van der Waals surface area contributed by atoms with Gasteiger partial charge >= 0.3 is 17.9 Å². The molecule has 0 rings (SSSR count). The summed E-state index contributed by atoms with van der Waals surface area (Å²) in [6.45, 7) is 6.64. The van der Waals surface area contributed by atoms with Crippen molar-refractivity contribution in [1.82, 2.24) is 0 Å². The maximum absolute atomic E-state index is 12.8. The highest BCUT2D eigenvalue weighted by Gasteiger charge is 2.19. The average molecular weight is 899 g/mol. The Morgan fingerprint density at radius 1 is 0.312 bits per heavy atom. The highest BCUT2D eigenvalue weighted by molar-refractivity contribution is 5.71. The van der Waals surface area contributed by atoms with Crippen LogP contribution in [0, 0.1) is 0 Å². The smallest absolute Gasteiger partial charge is 0.306 e. The molecule has 6 nitrogen and oxygen atoms in total. The zero-order valence-electron chi connectivity index (χ0n) is 42.8. The van der Waals surface area contributed by atoms with Crippen molar-refractivity contribution in [2.24, 2.45) is 0 Å². The summed E-state index contributed by atoms with van der Waals surface area (Å²) in [5.41, 5.74) is 0. The molecule has 0 aromatic carbocycles. The van der Waals surface area contributed by atoms with Gasteiger partial charge in [0, 0.05) is 19.3 Å². The van der Waals surface area contributed by atoms with E-state index < -0.39 is 6.10 Å². The van der Waals surface area contributed by atoms with Crippen LogP contribution in [0.25, 0.3) is 0 Å². The third kappa shape index (κ3) is 50.6. The maximum atomic E-state index is 12.8. The van der Waals surface area contributed by atoms with Gasteiger partial charge in [-0.15, -0.1) is 0 Å². The summed E-state index contributed by atoms with van der Waals surface area (Å²) in [5, 5.41) is 0. The first-order valence-electron chi connectivity index (χ1n) is 28.0. The van der Waals surface area contributed by atoms with E-state index in [0.29, 0.717) is 19.3 Å². The molecule has 0 fully saturated rings. The van der Waals surface area contributed by atoms with E-state index in [0.717, 1.165) is 77.0 Å². The fraction of sp³-hybridized carbons (Fsp3) is 0.845.